The molecule has 0 spiro atoms. The first kappa shape index (κ1) is 12.3. The van der Waals surface area contributed by atoms with Crippen molar-refractivity contribution in [3.8, 4) is 0 Å². The fraction of sp³-hybridized carbons (Fsp3) is 0.250. The molecule has 1 aromatic rings. The van der Waals surface area contributed by atoms with Gasteiger partial charge in [-0.2, -0.15) is 0 Å². The van der Waals surface area contributed by atoms with Gasteiger partial charge in [-0.1, -0.05) is 6.08 Å². The molecule has 0 aliphatic rings. The summed E-state index contributed by atoms with van der Waals surface area (Å²) in [5.74, 6) is -0.133. The van der Waals surface area contributed by atoms with Crippen molar-refractivity contribution in [2.75, 3.05) is 31.7 Å². The molecular formula is C12H17N3O. The topological polar surface area (TPSA) is 58.4 Å². The number of nitrogens with one attached hydrogen (secondary N) is 1. The van der Waals surface area contributed by atoms with Crippen molar-refractivity contribution in [3.05, 3.63) is 36.4 Å². The van der Waals surface area contributed by atoms with Crippen LogP contribution in [0, 0.1) is 0 Å². The van der Waals surface area contributed by atoms with Crippen molar-refractivity contribution < 1.29 is 4.79 Å². The molecule has 0 atom stereocenters. The van der Waals surface area contributed by atoms with Gasteiger partial charge in [0.05, 0.1) is 0 Å². The summed E-state index contributed by atoms with van der Waals surface area (Å²) in [6.07, 6.45) is 3.34. The molecule has 0 aliphatic heterocycles. The maximum Gasteiger partial charge on any atom is 0.248 e. The lowest BCUT2D eigenvalue weighted by Gasteiger charge is -2.04. The third-order valence-corrected chi connectivity index (χ3v) is 1.92. The number of carbonyl (C=O) groups excluding carboxylic acids is 1. The van der Waals surface area contributed by atoms with Gasteiger partial charge in [-0.15, -0.1) is 0 Å². The highest BCUT2D eigenvalue weighted by atomic mass is 16.1. The summed E-state index contributed by atoms with van der Waals surface area (Å²) >= 11 is 0. The van der Waals surface area contributed by atoms with Crippen molar-refractivity contribution in [1.29, 1.82) is 0 Å². The van der Waals surface area contributed by atoms with Crippen molar-refractivity contribution >= 4 is 17.3 Å². The van der Waals surface area contributed by atoms with Gasteiger partial charge in [0.1, 0.15) is 0 Å². The highest BCUT2D eigenvalue weighted by molar-refractivity contribution is 5.99. The predicted molar refractivity (Wildman–Crippen MR) is 67.2 cm³/mol. The fourth-order valence-corrected chi connectivity index (χ4v) is 1.12. The Kier molecular flexibility index (Phi) is 4.54. The Morgan fingerprint density at radius 2 is 2.00 bits per heavy atom. The van der Waals surface area contributed by atoms with Gasteiger partial charge >= 0.3 is 0 Å². The van der Waals surface area contributed by atoms with Crippen LogP contribution in [0.3, 0.4) is 0 Å². The number of anilines is 2. The number of carbonyl (C=O) groups is 1. The van der Waals surface area contributed by atoms with E-state index in [1.807, 2.05) is 25.1 Å². The van der Waals surface area contributed by atoms with E-state index < -0.39 is 0 Å². The maximum atomic E-state index is 11.4. The summed E-state index contributed by atoms with van der Waals surface area (Å²) in [5, 5.41) is 2.74. The second-order valence-corrected chi connectivity index (χ2v) is 3.78. The van der Waals surface area contributed by atoms with E-state index in [-0.39, 0.29) is 5.91 Å². The van der Waals surface area contributed by atoms with Crippen molar-refractivity contribution in [1.82, 2.24) is 4.90 Å². The molecule has 4 heteroatoms. The van der Waals surface area contributed by atoms with E-state index in [2.05, 4.69) is 5.32 Å². The number of nitrogens with zero attached hydrogens (tertiary/aromatic N) is 1. The molecule has 1 aromatic carbocycles. The minimum Gasteiger partial charge on any atom is -0.399 e. The smallest absolute Gasteiger partial charge is 0.248 e. The van der Waals surface area contributed by atoms with Crippen LogP contribution in [0.1, 0.15) is 0 Å². The van der Waals surface area contributed by atoms with Crippen LogP contribution in [0.5, 0.6) is 0 Å². The van der Waals surface area contributed by atoms with Gasteiger partial charge in [-0.25, -0.2) is 0 Å². The normalized spacial score (nSPS) is 10.9. The largest absolute Gasteiger partial charge is 0.399 e. The molecule has 0 fully saturated rings. The Morgan fingerprint density at radius 3 is 2.56 bits per heavy atom. The molecule has 0 saturated heterocycles. The SMILES string of the molecule is CN(C)CC=CC(=O)Nc1ccc(N)cc1. The van der Waals surface area contributed by atoms with E-state index in [0.717, 1.165) is 12.2 Å². The molecular weight excluding hydrogens is 202 g/mol. The average molecular weight is 219 g/mol. The van der Waals surface area contributed by atoms with E-state index >= 15 is 0 Å². The molecule has 0 unspecified atom stereocenters. The summed E-state index contributed by atoms with van der Waals surface area (Å²) in [7, 11) is 3.89. The molecule has 1 amide bonds. The number of benzene rings is 1. The fourth-order valence-electron chi connectivity index (χ4n) is 1.12. The number of nitrogen functional groups attached to an aromatic ring is 1. The summed E-state index contributed by atoms with van der Waals surface area (Å²) < 4.78 is 0. The van der Waals surface area contributed by atoms with Crippen LogP contribution < -0.4 is 11.1 Å². The lowest BCUT2D eigenvalue weighted by Crippen LogP contribution is -2.12. The Bertz CT molecular complexity index is 368. The van der Waals surface area contributed by atoms with E-state index in [1.54, 1.807) is 24.3 Å². The molecule has 1 rings (SSSR count). The molecule has 0 aliphatic carbocycles. The monoisotopic (exact) mass is 219 g/mol. The van der Waals surface area contributed by atoms with Crippen LogP contribution in [-0.4, -0.2) is 31.4 Å². The van der Waals surface area contributed by atoms with Crippen LogP contribution in [0.25, 0.3) is 0 Å². The summed E-state index contributed by atoms with van der Waals surface area (Å²) in [5.41, 5.74) is 6.96. The minimum absolute atomic E-state index is 0.133. The molecule has 0 radical (unpaired) electrons. The summed E-state index contributed by atoms with van der Waals surface area (Å²) in [4.78, 5) is 13.4. The lowest BCUT2D eigenvalue weighted by molar-refractivity contribution is -0.111. The van der Waals surface area contributed by atoms with Crippen molar-refractivity contribution in [2.45, 2.75) is 0 Å². The van der Waals surface area contributed by atoms with Gasteiger partial charge in [0.25, 0.3) is 0 Å². The van der Waals surface area contributed by atoms with Gasteiger partial charge in [-0.05, 0) is 38.4 Å². The number of amides is 1. The molecule has 0 heterocycles. The predicted octanol–water partition coefficient (Wildman–Crippen LogP) is 1.33. The average Bonchev–Trinajstić information content (AvgIpc) is 2.21. The number of likely N-dealkylation sites (N-methyl/N-ethyl adjacent to an activating group) is 1. The van der Waals surface area contributed by atoms with Crippen LogP contribution in [0.4, 0.5) is 11.4 Å². The second-order valence-electron chi connectivity index (χ2n) is 3.78. The molecule has 3 N–H and O–H groups in total. The van der Waals surface area contributed by atoms with Crippen LogP contribution in [0.15, 0.2) is 36.4 Å². The Balaban J connectivity index is 2.45. The van der Waals surface area contributed by atoms with Gasteiger partial charge in [-0.3, -0.25) is 4.79 Å². The highest BCUT2D eigenvalue weighted by Crippen LogP contribution is 2.10. The quantitative estimate of drug-likeness (QED) is 0.593. The van der Waals surface area contributed by atoms with Crippen LogP contribution >= 0.6 is 0 Å². The number of hydrogen-bond donors (Lipinski definition) is 2. The maximum absolute atomic E-state index is 11.4. The third kappa shape index (κ3) is 4.61. The zero-order chi connectivity index (χ0) is 12.0. The van der Waals surface area contributed by atoms with Crippen molar-refractivity contribution in [3.63, 3.8) is 0 Å². The number of nitrogens with two attached hydrogens (primary N) is 1. The molecule has 0 aromatic heterocycles. The van der Waals surface area contributed by atoms with Gasteiger partial charge in [0, 0.05) is 24.0 Å². The van der Waals surface area contributed by atoms with Crippen LogP contribution in [0.2, 0.25) is 0 Å². The first-order chi connectivity index (χ1) is 7.58. The highest BCUT2D eigenvalue weighted by Gasteiger charge is 1.96. The molecule has 0 saturated carbocycles. The Morgan fingerprint density at radius 1 is 1.38 bits per heavy atom. The first-order valence-corrected chi connectivity index (χ1v) is 5.06. The lowest BCUT2D eigenvalue weighted by atomic mass is 10.3. The van der Waals surface area contributed by atoms with Gasteiger partial charge < -0.3 is 16.0 Å². The number of hydrogen-bond acceptors (Lipinski definition) is 3. The van der Waals surface area contributed by atoms with Crippen molar-refractivity contribution in [2.24, 2.45) is 0 Å². The standard InChI is InChI=1S/C12H17N3O/c1-15(2)9-3-4-12(16)14-11-7-5-10(13)6-8-11/h3-8H,9,13H2,1-2H3,(H,14,16). The molecule has 4 nitrogen and oxygen atoms in total. The Hall–Kier alpha value is -1.81. The van der Waals surface area contributed by atoms with Crippen LogP contribution in [-0.2, 0) is 4.79 Å². The first-order valence-electron chi connectivity index (χ1n) is 5.06. The van der Waals surface area contributed by atoms with E-state index in [4.69, 9.17) is 5.73 Å². The summed E-state index contributed by atoms with van der Waals surface area (Å²) in [6, 6.07) is 7.04. The number of rotatable bonds is 4. The molecule has 0 bridgehead atoms. The van der Waals surface area contributed by atoms with E-state index in [9.17, 15) is 4.79 Å². The Labute approximate surface area is 95.7 Å². The molecule has 86 valence electrons. The minimum atomic E-state index is -0.133. The van der Waals surface area contributed by atoms with E-state index in [1.165, 1.54) is 6.08 Å². The zero-order valence-corrected chi connectivity index (χ0v) is 9.60. The molecule has 16 heavy (non-hydrogen) atoms. The third-order valence-electron chi connectivity index (χ3n) is 1.92. The second kappa shape index (κ2) is 5.92. The van der Waals surface area contributed by atoms with E-state index in [0.29, 0.717) is 5.69 Å². The zero-order valence-electron chi connectivity index (χ0n) is 9.60. The van der Waals surface area contributed by atoms with Gasteiger partial charge in [0.15, 0.2) is 0 Å². The van der Waals surface area contributed by atoms with Gasteiger partial charge in [0.2, 0.25) is 5.91 Å². The summed E-state index contributed by atoms with van der Waals surface area (Å²) in [6.45, 7) is 0.745.